The lowest BCUT2D eigenvalue weighted by Crippen LogP contribution is -2.40. The van der Waals surface area contributed by atoms with Crippen LogP contribution < -0.4 is 0 Å². The maximum absolute atomic E-state index is 10.9. The smallest absolute Gasteiger partial charge is 0.123 e. The second-order valence-electron chi connectivity index (χ2n) is 5.13. The summed E-state index contributed by atoms with van der Waals surface area (Å²) in [4.78, 5) is 10.9. The quantitative estimate of drug-likeness (QED) is 0.618. The molecule has 1 fully saturated rings. The molecule has 2 heteroatoms. The van der Waals surface area contributed by atoms with E-state index in [0.29, 0.717) is 0 Å². The van der Waals surface area contributed by atoms with Gasteiger partial charge in [-0.15, -0.1) is 0 Å². The molecule has 1 unspecified atom stereocenters. The van der Waals surface area contributed by atoms with Crippen molar-refractivity contribution in [2.45, 2.75) is 70.8 Å². The summed E-state index contributed by atoms with van der Waals surface area (Å²) >= 11 is 0. The summed E-state index contributed by atoms with van der Waals surface area (Å²) in [6.07, 6.45) is 10.1. The van der Waals surface area contributed by atoms with Gasteiger partial charge in [0.15, 0.2) is 0 Å². The van der Waals surface area contributed by atoms with Gasteiger partial charge in [-0.2, -0.15) is 0 Å². The van der Waals surface area contributed by atoms with Gasteiger partial charge in [-0.25, -0.2) is 0 Å². The number of unbranched alkanes of at least 4 members (excludes halogenated alkanes) is 2. The molecule has 1 saturated heterocycles. The van der Waals surface area contributed by atoms with E-state index in [1.54, 1.807) is 0 Å². The topological polar surface area (TPSA) is 26.3 Å². The first-order chi connectivity index (χ1) is 7.76. The van der Waals surface area contributed by atoms with Crippen molar-refractivity contribution in [2.75, 3.05) is 6.61 Å². The Morgan fingerprint density at radius 2 is 1.88 bits per heavy atom. The molecule has 1 aliphatic rings. The van der Waals surface area contributed by atoms with Crippen LogP contribution in [0.25, 0.3) is 0 Å². The highest BCUT2D eigenvalue weighted by Gasteiger charge is 2.36. The zero-order valence-corrected chi connectivity index (χ0v) is 10.8. The van der Waals surface area contributed by atoms with Crippen molar-refractivity contribution >= 4 is 6.29 Å². The summed E-state index contributed by atoms with van der Waals surface area (Å²) < 4.78 is 6.04. The minimum atomic E-state index is 0.0237. The van der Waals surface area contributed by atoms with E-state index in [0.717, 1.165) is 38.6 Å². The van der Waals surface area contributed by atoms with E-state index in [1.165, 1.54) is 25.7 Å². The van der Waals surface area contributed by atoms with Crippen molar-refractivity contribution in [1.29, 1.82) is 0 Å². The highest BCUT2D eigenvalue weighted by molar-refractivity contribution is 5.53. The minimum Gasteiger partial charge on any atom is -0.375 e. The van der Waals surface area contributed by atoms with Gasteiger partial charge in [-0.05, 0) is 25.7 Å². The lowest BCUT2D eigenvalue weighted by atomic mass is 9.80. The molecule has 1 atom stereocenters. The molecular weight excluding hydrogens is 200 g/mol. The second-order valence-corrected chi connectivity index (χ2v) is 5.13. The van der Waals surface area contributed by atoms with Gasteiger partial charge in [0.25, 0.3) is 0 Å². The van der Waals surface area contributed by atoms with Crippen molar-refractivity contribution in [3.63, 3.8) is 0 Å². The van der Waals surface area contributed by atoms with Crippen LogP contribution >= 0.6 is 0 Å². The summed E-state index contributed by atoms with van der Waals surface area (Å²) in [6.45, 7) is 5.21. The number of carbonyl (C=O) groups excluding carboxylic acids is 1. The number of carbonyl (C=O) groups is 1. The lowest BCUT2D eigenvalue weighted by Gasteiger charge is -2.40. The van der Waals surface area contributed by atoms with Crippen LogP contribution in [0.1, 0.15) is 65.2 Å². The molecule has 0 saturated carbocycles. The Labute approximate surface area is 99.8 Å². The maximum atomic E-state index is 10.9. The number of aldehydes is 1. The van der Waals surface area contributed by atoms with E-state index in [9.17, 15) is 4.79 Å². The molecule has 1 rings (SSSR count). The van der Waals surface area contributed by atoms with Gasteiger partial charge in [0.1, 0.15) is 6.29 Å². The summed E-state index contributed by atoms with van der Waals surface area (Å²) in [5, 5.41) is 0. The highest BCUT2D eigenvalue weighted by atomic mass is 16.5. The van der Waals surface area contributed by atoms with Crippen LogP contribution in [0.3, 0.4) is 0 Å². The Morgan fingerprint density at radius 1 is 1.25 bits per heavy atom. The molecule has 1 heterocycles. The minimum absolute atomic E-state index is 0.0237. The largest absolute Gasteiger partial charge is 0.375 e. The van der Waals surface area contributed by atoms with E-state index in [-0.39, 0.29) is 11.5 Å². The van der Waals surface area contributed by atoms with Crippen LogP contribution in [0.2, 0.25) is 0 Å². The van der Waals surface area contributed by atoms with E-state index in [1.807, 2.05) is 0 Å². The third-order valence-electron chi connectivity index (χ3n) is 3.70. The molecule has 0 aromatic heterocycles. The first-order valence-corrected chi connectivity index (χ1v) is 6.85. The van der Waals surface area contributed by atoms with E-state index in [4.69, 9.17) is 4.74 Å². The molecule has 0 bridgehead atoms. The number of rotatable bonds is 7. The Balaban J connectivity index is 2.56. The van der Waals surface area contributed by atoms with Gasteiger partial charge in [-0.3, -0.25) is 0 Å². The average Bonchev–Trinajstić information content (AvgIpc) is 2.34. The zero-order valence-electron chi connectivity index (χ0n) is 10.8. The van der Waals surface area contributed by atoms with Crippen LogP contribution in [0.15, 0.2) is 0 Å². The van der Waals surface area contributed by atoms with Crippen molar-refractivity contribution in [3.05, 3.63) is 0 Å². The molecule has 0 aliphatic carbocycles. The third kappa shape index (κ3) is 3.89. The van der Waals surface area contributed by atoms with Crippen LogP contribution in [-0.4, -0.2) is 18.5 Å². The van der Waals surface area contributed by atoms with Crippen LogP contribution in [-0.2, 0) is 9.53 Å². The molecular formula is C14H26O2. The summed E-state index contributed by atoms with van der Waals surface area (Å²) in [7, 11) is 0. The summed E-state index contributed by atoms with van der Waals surface area (Å²) in [5.74, 6) is 0.238. The summed E-state index contributed by atoms with van der Waals surface area (Å²) in [6, 6.07) is 0. The van der Waals surface area contributed by atoms with Gasteiger partial charge < -0.3 is 9.53 Å². The van der Waals surface area contributed by atoms with Crippen LogP contribution in [0.5, 0.6) is 0 Å². The van der Waals surface area contributed by atoms with Crippen molar-refractivity contribution in [2.24, 2.45) is 5.92 Å². The fraction of sp³-hybridized carbons (Fsp3) is 0.929. The average molecular weight is 226 g/mol. The first-order valence-electron chi connectivity index (χ1n) is 6.85. The van der Waals surface area contributed by atoms with E-state index < -0.39 is 0 Å². The molecule has 0 spiro atoms. The van der Waals surface area contributed by atoms with Gasteiger partial charge >= 0.3 is 0 Å². The normalized spacial score (nSPS) is 24.2. The predicted octanol–water partition coefficient (Wildman–Crippen LogP) is 3.73. The number of hydrogen-bond acceptors (Lipinski definition) is 2. The van der Waals surface area contributed by atoms with Crippen LogP contribution in [0, 0.1) is 5.92 Å². The van der Waals surface area contributed by atoms with Gasteiger partial charge in [-0.1, -0.05) is 39.5 Å². The molecule has 94 valence electrons. The Hall–Kier alpha value is -0.370. The Bertz CT molecular complexity index is 193. The van der Waals surface area contributed by atoms with Crippen molar-refractivity contribution in [3.8, 4) is 0 Å². The molecule has 16 heavy (non-hydrogen) atoms. The van der Waals surface area contributed by atoms with Crippen LogP contribution in [0.4, 0.5) is 0 Å². The molecule has 0 N–H and O–H groups in total. The lowest BCUT2D eigenvalue weighted by molar-refractivity contribution is -0.130. The van der Waals surface area contributed by atoms with E-state index in [2.05, 4.69) is 13.8 Å². The van der Waals surface area contributed by atoms with Crippen molar-refractivity contribution in [1.82, 2.24) is 0 Å². The van der Waals surface area contributed by atoms with Gasteiger partial charge in [0, 0.05) is 12.5 Å². The molecule has 0 aromatic rings. The fourth-order valence-corrected chi connectivity index (χ4v) is 2.65. The molecule has 0 amide bonds. The molecule has 0 aromatic carbocycles. The Kier molecular flexibility index (Phi) is 6.04. The summed E-state index contributed by atoms with van der Waals surface area (Å²) in [5.41, 5.74) is 0.0237. The number of hydrogen-bond donors (Lipinski definition) is 0. The fourth-order valence-electron chi connectivity index (χ4n) is 2.65. The van der Waals surface area contributed by atoms with Gasteiger partial charge in [0.2, 0.25) is 0 Å². The maximum Gasteiger partial charge on any atom is 0.123 e. The molecule has 2 nitrogen and oxygen atoms in total. The Morgan fingerprint density at radius 3 is 2.38 bits per heavy atom. The predicted molar refractivity (Wildman–Crippen MR) is 66.5 cm³/mol. The number of ether oxygens (including phenoxy) is 1. The molecule has 0 radical (unpaired) electrons. The first kappa shape index (κ1) is 13.7. The molecule has 1 aliphatic heterocycles. The van der Waals surface area contributed by atoms with Gasteiger partial charge in [0.05, 0.1) is 5.60 Å². The van der Waals surface area contributed by atoms with E-state index >= 15 is 0 Å². The SMILES string of the molecule is CCCCC1(CCCC)CC(C=O)CCO1. The third-order valence-corrected chi connectivity index (χ3v) is 3.70. The highest BCUT2D eigenvalue weighted by Crippen LogP contribution is 2.36. The standard InChI is InChI=1S/C14H26O2/c1-3-5-8-14(9-6-4-2)11-13(12-15)7-10-16-14/h12-13H,3-11H2,1-2H3. The second kappa shape index (κ2) is 7.05. The zero-order chi connectivity index (χ0) is 11.9. The monoisotopic (exact) mass is 226 g/mol. The van der Waals surface area contributed by atoms with Crippen molar-refractivity contribution < 1.29 is 9.53 Å².